The molecule has 10 heteroatoms. The molecule has 4 rings (SSSR count). The third-order valence-electron chi connectivity index (χ3n) is 5.19. The second kappa shape index (κ2) is 9.97. The highest BCUT2D eigenvalue weighted by atomic mass is 32.2. The van der Waals surface area contributed by atoms with Crippen molar-refractivity contribution in [2.75, 3.05) is 25.5 Å². The number of ether oxygens (including phenoxy) is 1. The average Bonchev–Trinajstić information content (AvgIpc) is 3.22. The number of aryl methyl sites for hydroxylation is 1. The summed E-state index contributed by atoms with van der Waals surface area (Å²) in [5.74, 6) is 2.11. The van der Waals surface area contributed by atoms with Crippen LogP contribution in [0.4, 0.5) is 5.82 Å². The third-order valence-corrected chi connectivity index (χ3v) is 6.67. The number of hydrogen-bond donors (Lipinski definition) is 2. The van der Waals surface area contributed by atoms with Crippen molar-refractivity contribution in [3.63, 3.8) is 0 Å². The van der Waals surface area contributed by atoms with Gasteiger partial charge in [0, 0.05) is 19.5 Å². The number of nitrogens with zero attached hydrogens (tertiary/aromatic N) is 4. The molecule has 2 N–H and O–H groups in total. The van der Waals surface area contributed by atoms with Crippen molar-refractivity contribution < 1.29 is 13.2 Å². The molecule has 2 aromatic heterocycles. The van der Waals surface area contributed by atoms with Gasteiger partial charge in [-0.2, -0.15) is 4.52 Å². The largest absolute Gasteiger partial charge is 0.496 e. The molecule has 2 aromatic carbocycles. The number of aromatic nitrogens is 4. The van der Waals surface area contributed by atoms with Crippen molar-refractivity contribution in [1.82, 2.24) is 24.5 Å². The minimum Gasteiger partial charge on any atom is -0.496 e. The van der Waals surface area contributed by atoms with E-state index in [0.29, 0.717) is 30.3 Å². The van der Waals surface area contributed by atoms with E-state index >= 15 is 0 Å². The quantitative estimate of drug-likeness (QED) is 0.370. The number of para-hydroxylation sites is 1. The molecular formula is C23H26N6O3S. The number of nitrogens with one attached hydrogen (secondary N) is 2. The number of benzene rings is 2. The van der Waals surface area contributed by atoms with Crippen molar-refractivity contribution in [1.29, 1.82) is 0 Å². The van der Waals surface area contributed by atoms with Crippen molar-refractivity contribution in [3.8, 4) is 5.75 Å². The average molecular weight is 467 g/mol. The molecule has 0 aliphatic carbocycles. The van der Waals surface area contributed by atoms with E-state index in [2.05, 4.69) is 25.3 Å². The highest BCUT2D eigenvalue weighted by Gasteiger charge is 2.14. The van der Waals surface area contributed by atoms with Crippen LogP contribution in [0.25, 0.3) is 5.65 Å². The number of methoxy groups -OCH3 is 1. The molecule has 0 radical (unpaired) electrons. The van der Waals surface area contributed by atoms with Crippen LogP contribution in [-0.2, 0) is 22.9 Å². The summed E-state index contributed by atoms with van der Waals surface area (Å²) >= 11 is 0. The van der Waals surface area contributed by atoms with E-state index in [0.717, 1.165) is 23.3 Å². The first-order valence-corrected chi connectivity index (χ1v) is 12.1. The Morgan fingerprint density at radius 1 is 0.939 bits per heavy atom. The SMILES string of the molecule is COc1ccccc1CCNc1ccc2nnc(CCNS(=O)(=O)c3ccc(C)cc3)n2n1. The van der Waals surface area contributed by atoms with Gasteiger partial charge in [-0.25, -0.2) is 13.1 Å². The molecule has 0 unspecified atom stereocenters. The molecule has 9 nitrogen and oxygen atoms in total. The van der Waals surface area contributed by atoms with E-state index in [1.165, 1.54) is 0 Å². The molecule has 0 aliphatic heterocycles. The minimum atomic E-state index is -3.59. The Balaban J connectivity index is 1.38. The van der Waals surface area contributed by atoms with Crippen LogP contribution in [0.1, 0.15) is 17.0 Å². The molecule has 33 heavy (non-hydrogen) atoms. The van der Waals surface area contributed by atoms with Gasteiger partial charge in [0.05, 0.1) is 12.0 Å². The molecule has 0 saturated heterocycles. The lowest BCUT2D eigenvalue weighted by atomic mass is 10.1. The summed E-state index contributed by atoms with van der Waals surface area (Å²) in [6.45, 7) is 2.77. The van der Waals surface area contributed by atoms with Gasteiger partial charge in [-0.05, 0) is 49.2 Å². The number of hydrogen-bond acceptors (Lipinski definition) is 7. The Hall–Kier alpha value is -3.50. The Labute approximate surface area is 192 Å². The second-order valence-corrected chi connectivity index (χ2v) is 9.32. The van der Waals surface area contributed by atoms with Gasteiger partial charge in [0.2, 0.25) is 10.0 Å². The number of rotatable bonds is 10. The first kappa shape index (κ1) is 22.7. The number of sulfonamides is 1. The monoisotopic (exact) mass is 466 g/mol. The van der Waals surface area contributed by atoms with Gasteiger partial charge in [-0.3, -0.25) is 0 Å². The zero-order valence-electron chi connectivity index (χ0n) is 18.5. The molecule has 0 fully saturated rings. The van der Waals surface area contributed by atoms with Crippen LogP contribution in [0.3, 0.4) is 0 Å². The van der Waals surface area contributed by atoms with Crippen LogP contribution in [0.2, 0.25) is 0 Å². The van der Waals surface area contributed by atoms with Crippen LogP contribution in [0, 0.1) is 6.92 Å². The van der Waals surface area contributed by atoms with Crippen molar-refractivity contribution in [2.24, 2.45) is 0 Å². The molecule has 172 valence electrons. The lowest BCUT2D eigenvalue weighted by Gasteiger charge is -2.10. The maximum Gasteiger partial charge on any atom is 0.240 e. The van der Waals surface area contributed by atoms with E-state index in [9.17, 15) is 8.42 Å². The summed E-state index contributed by atoms with van der Waals surface area (Å²) in [6.07, 6.45) is 1.13. The lowest BCUT2D eigenvalue weighted by molar-refractivity contribution is 0.410. The number of anilines is 1. The van der Waals surface area contributed by atoms with Crippen molar-refractivity contribution in [3.05, 3.63) is 77.6 Å². The molecule has 0 aliphatic rings. The van der Waals surface area contributed by atoms with Crippen LogP contribution in [0.5, 0.6) is 5.75 Å². The predicted octanol–water partition coefficient (Wildman–Crippen LogP) is 2.62. The molecule has 0 saturated carbocycles. The number of fused-ring (bicyclic) bond motifs is 1. The fourth-order valence-corrected chi connectivity index (χ4v) is 4.45. The summed E-state index contributed by atoms with van der Waals surface area (Å²) < 4.78 is 34.6. The Morgan fingerprint density at radius 2 is 1.73 bits per heavy atom. The first-order chi connectivity index (χ1) is 16.0. The van der Waals surface area contributed by atoms with E-state index < -0.39 is 10.0 Å². The van der Waals surface area contributed by atoms with Crippen LogP contribution in [-0.4, -0.2) is 48.4 Å². The Bertz CT molecular complexity index is 1340. The van der Waals surface area contributed by atoms with Gasteiger partial charge in [0.1, 0.15) is 11.6 Å². The van der Waals surface area contributed by atoms with Gasteiger partial charge in [-0.15, -0.1) is 15.3 Å². The summed E-state index contributed by atoms with van der Waals surface area (Å²) in [5, 5.41) is 16.2. The predicted molar refractivity (Wildman–Crippen MR) is 126 cm³/mol. The first-order valence-electron chi connectivity index (χ1n) is 10.6. The Morgan fingerprint density at radius 3 is 2.52 bits per heavy atom. The summed E-state index contributed by atoms with van der Waals surface area (Å²) in [6, 6.07) is 18.3. The topological polar surface area (TPSA) is 111 Å². The standard InChI is InChI=1S/C23H26N6O3S/c1-17-7-9-19(10-8-17)33(30,31)25-16-14-23-27-26-22-12-11-21(28-29(22)23)24-15-13-18-5-3-4-6-20(18)32-2/h3-12,25H,13-16H2,1-2H3,(H,24,28). The molecule has 2 heterocycles. The smallest absolute Gasteiger partial charge is 0.240 e. The van der Waals surface area contributed by atoms with E-state index in [1.54, 1.807) is 35.9 Å². The van der Waals surface area contributed by atoms with Crippen molar-refractivity contribution >= 4 is 21.5 Å². The molecule has 0 spiro atoms. The van der Waals surface area contributed by atoms with Gasteiger partial charge in [0.15, 0.2) is 11.5 Å². The van der Waals surface area contributed by atoms with E-state index in [4.69, 9.17) is 4.74 Å². The lowest BCUT2D eigenvalue weighted by Crippen LogP contribution is -2.26. The summed E-state index contributed by atoms with van der Waals surface area (Å²) in [5.41, 5.74) is 2.71. The fraction of sp³-hybridized carbons (Fsp3) is 0.261. The zero-order valence-corrected chi connectivity index (χ0v) is 19.3. The molecule has 4 aromatic rings. The highest BCUT2D eigenvalue weighted by Crippen LogP contribution is 2.18. The maximum absolute atomic E-state index is 12.5. The summed E-state index contributed by atoms with van der Waals surface area (Å²) in [7, 11) is -1.92. The molecule has 0 atom stereocenters. The molecular weight excluding hydrogens is 440 g/mol. The van der Waals surface area contributed by atoms with E-state index in [1.807, 2.05) is 43.3 Å². The van der Waals surface area contributed by atoms with Crippen molar-refractivity contribution in [2.45, 2.75) is 24.7 Å². The van der Waals surface area contributed by atoms with Gasteiger partial charge in [0.25, 0.3) is 0 Å². The van der Waals surface area contributed by atoms with Crippen LogP contribution in [0.15, 0.2) is 65.6 Å². The fourth-order valence-electron chi connectivity index (χ4n) is 3.42. The van der Waals surface area contributed by atoms with Crippen LogP contribution < -0.4 is 14.8 Å². The second-order valence-electron chi connectivity index (χ2n) is 7.55. The third kappa shape index (κ3) is 5.47. The van der Waals surface area contributed by atoms with Gasteiger partial charge < -0.3 is 10.1 Å². The molecule has 0 amide bonds. The van der Waals surface area contributed by atoms with E-state index in [-0.39, 0.29) is 11.4 Å². The highest BCUT2D eigenvalue weighted by molar-refractivity contribution is 7.89. The maximum atomic E-state index is 12.5. The van der Waals surface area contributed by atoms with Gasteiger partial charge >= 0.3 is 0 Å². The normalized spacial score (nSPS) is 11.6. The zero-order chi connectivity index (χ0) is 23.3. The Kier molecular flexibility index (Phi) is 6.85. The van der Waals surface area contributed by atoms with Crippen LogP contribution >= 0.6 is 0 Å². The summed E-state index contributed by atoms with van der Waals surface area (Å²) in [4.78, 5) is 0.235. The molecule has 0 bridgehead atoms. The minimum absolute atomic E-state index is 0.185. The van der Waals surface area contributed by atoms with Gasteiger partial charge in [-0.1, -0.05) is 35.9 Å².